The quantitative estimate of drug-likeness (QED) is 0.655. The van der Waals surface area contributed by atoms with Gasteiger partial charge in [-0.2, -0.15) is 0 Å². The van der Waals surface area contributed by atoms with Crippen molar-refractivity contribution >= 4 is 11.7 Å². The highest BCUT2D eigenvalue weighted by atomic mass is 16.2. The predicted octanol–water partition coefficient (Wildman–Crippen LogP) is 0.527. The molecule has 132 valence electrons. The Balaban J connectivity index is 1.68. The van der Waals surface area contributed by atoms with Crippen LogP contribution in [0.3, 0.4) is 0 Å². The van der Waals surface area contributed by atoms with Crippen LogP contribution < -0.4 is 16.3 Å². The first-order valence-corrected chi connectivity index (χ1v) is 8.44. The Hall–Kier alpha value is -2.35. The summed E-state index contributed by atoms with van der Waals surface area (Å²) in [5.74, 6) is 0. The third-order valence-electron chi connectivity index (χ3n) is 3.93. The van der Waals surface area contributed by atoms with E-state index in [9.17, 15) is 9.59 Å². The zero-order valence-electron chi connectivity index (χ0n) is 14.4. The van der Waals surface area contributed by atoms with Crippen LogP contribution in [0.25, 0.3) is 5.65 Å². The molecular formula is C16H26N6O2. The SMILES string of the molecule is CCN(CC)CCNC(=O)NCCCn1nc2ccccn2c1=O. The molecule has 2 N–H and O–H groups in total. The monoisotopic (exact) mass is 334 g/mol. The molecule has 2 aromatic heterocycles. The normalized spacial score (nSPS) is 11.1. The number of hydrogen-bond acceptors (Lipinski definition) is 4. The van der Waals surface area contributed by atoms with Crippen LogP contribution in [0, 0.1) is 0 Å². The molecule has 0 fully saturated rings. The van der Waals surface area contributed by atoms with Gasteiger partial charge in [-0.1, -0.05) is 19.9 Å². The summed E-state index contributed by atoms with van der Waals surface area (Å²) in [6.07, 6.45) is 2.34. The van der Waals surface area contributed by atoms with Gasteiger partial charge in [-0.15, -0.1) is 5.10 Å². The number of aromatic nitrogens is 3. The van der Waals surface area contributed by atoms with E-state index >= 15 is 0 Å². The van der Waals surface area contributed by atoms with Crippen LogP contribution in [0.2, 0.25) is 0 Å². The minimum atomic E-state index is -0.176. The number of carbonyl (C=O) groups excluding carboxylic acids is 1. The molecule has 0 bridgehead atoms. The first-order valence-electron chi connectivity index (χ1n) is 8.44. The summed E-state index contributed by atoms with van der Waals surface area (Å²) in [5.41, 5.74) is 0.471. The second kappa shape index (κ2) is 9.07. The largest absolute Gasteiger partial charge is 0.350 e. The van der Waals surface area contributed by atoms with Gasteiger partial charge in [0.25, 0.3) is 0 Å². The number of nitrogens with one attached hydrogen (secondary N) is 2. The molecule has 2 aromatic rings. The van der Waals surface area contributed by atoms with Gasteiger partial charge in [0.2, 0.25) is 0 Å². The molecule has 2 rings (SSSR count). The maximum absolute atomic E-state index is 12.1. The highest BCUT2D eigenvalue weighted by Gasteiger charge is 2.06. The number of likely N-dealkylation sites (N-methyl/N-ethyl adjacent to an activating group) is 1. The molecule has 0 aromatic carbocycles. The minimum Gasteiger partial charge on any atom is -0.338 e. The molecule has 0 saturated carbocycles. The number of rotatable bonds is 9. The number of amides is 2. The lowest BCUT2D eigenvalue weighted by atomic mass is 10.4. The number of nitrogens with zero attached hydrogens (tertiary/aromatic N) is 4. The van der Waals surface area contributed by atoms with Crippen molar-refractivity contribution < 1.29 is 4.79 Å². The molecule has 0 aliphatic heterocycles. The van der Waals surface area contributed by atoms with E-state index in [2.05, 4.69) is 34.5 Å². The summed E-state index contributed by atoms with van der Waals surface area (Å²) in [7, 11) is 0. The molecule has 0 aliphatic rings. The van der Waals surface area contributed by atoms with Crippen molar-refractivity contribution in [3.05, 3.63) is 34.9 Å². The average molecular weight is 334 g/mol. The van der Waals surface area contributed by atoms with E-state index in [1.807, 2.05) is 6.07 Å². The lowest BCUT2D eigenvalue weighted by Crippen LogP contribution is -2.40. The second-order valence-corrected chi connectivity index (χ2v) is 5.50. The van der Waals surface area contributed by atoms with Crippen LogP contribution >= 0.6 is 0 Å². The molecule has 0 radical (unpaired) electrons. The van der Waals surface area contributed by atoms with Crippen molar-refractivity contribution in [1.82, 2.24) is 29.7 Å². The van der Waals surface area contributed by atoms with E-state index in [1.165, 1.54) is 9.08 Å². The number of fused-ring (bicyclic) bond motifs is 1. The highest BCUT2D eigenvalue weighted by Crippen LogP contribution is 1.95. The predicted molar refractivity (Wildman–Crippen MR) is 93.3 cm³/mol. The molecule has 2 heterocycles. The lowest BCUT2D eigenvalue weighted by molar-refractivity contribution is 0.236. The zero-order valence-corrected chi connectivity index (χ0v) is 14.4. The van der Waals surface area contributed by atoms with Crippen LogP contribution in [0.15, 0.2) is 29.2 Å². The van der Waals surface area contributed by atoms with E-state index in [0.29, 0.717) is 31.7 Å². The van der Waals surface area contributed by atoms with Crippen molar-refractivity contribution in [1.29, 1.82) is 0 Å². The van der Waals surface area contributed by atoms with Gasteiger partial charge in [0.1, 0.15) is 0 Å². The first-order chi connectivity index (χ1) is 11.7. The van der Waals surface area contributed by atoms with Crippen LogP contribution in [0.1, 0.15) is 20.3 Å². The maximum Gasteiger partial charge on any atom is 0.350 e. The van der Waals surface area contributed by atoms with Gasteiger partial charge >= 0.3 is 11.7 Å². The summed E-state index contributed by atoms with van der Waals surface area (Å²) < 4.78 is 2.93. The van der Waals surface area contributed by atoms with Crippen molar-refractivity contribution in [2.45, 2.75) is 26.8 Å². The van der Waals surface area contributed by atoms with Gasteiger partial charge < -0.3 is 15.5 Å². The smallest absolute Gasteiger partial charge is 0.338 e. The Labute approximate surface area is 141 Å². The van der Waals surface area contributed by atoms with E-state index in [1.54, 1.807) is 18.3 Å². The van der Waals surface area contributed by atoms with Crippen LogP contribution in [-0.2, 0) is 6.54 Å². The Kier molecular flexibility index (Phi) is 6.80. The maximum atomic E-state index is 12.1. The van der Waals surface area contributed by atoms with Crippen LogP contribution in [-0.4, -0.2) is 57.8 Å². The van der Waals surface area contributed by atoms with Gasteiger partial charge in [0.15, 0.2) is 5.65 Å². The zero-order chi connectivity index (χ0) is 17.4. The minimum absolute atomic E-state index is 0.158. The van der Waals surface area contributed by atoms with Gasteiger partial charge in [-0.25, -0.2) is 14.3 Å². The Morgan fingerprint density at radius 3 is 2.67 bits per heavy atom. The molecule has 8 nitrogen and oxygen atoms in total. The van der Waals surface area contributed by atoms with Gasteiger partial charge in [-0.05, 0) is 31.6 Å². The molecule has 0 unspecified atom stereocenters. The summed E-state index contributed by atoms with van der Waals surface area (Å²) in [4.78, 5) is 26.0. The van der Waals surface area contributed by atoms with Crippen molar-refractivity contribution in [2.75, 3.05) is 32.7 Å². The standard InChI is InChI=1S/C16H26N6O2/c1-3-20(4-2)13-10-18-15(23)17-9-7-12-22-16(24)21-11-6-5-8-14(21)19-22/h5-6,8,11H,3-4,7,9-10,12-13H2,1-2H3,(H2,17,18,23). The van der Waals surface area contributed by atoms with Gasteiger partial charge in [-0.3, -0.25) is 4.40 Å². The van der Waals surface area contributed by atoms with E-state index in [0.717, 1.165) is 19.6 Å². The third kappa shape index (κ3) is 4.82. The average Bonchev–Trinajstić information content (AvgIpc) is 2.92. The molecule has 2 amide bonds. The number of urea groups is 1. The van der Waals surface area contributed by atoms with E-state index in [-0.39, 0.29) is 11.7 Å². The number of pyridine rings is 1. The third-order valence-corrected chi connectivity index (χ3v) is 3.93. The summed E-state index contributed by atoms with van der Waals surface area (Å²) in [6, 6.07) is 5.25. The Morgan fingerprint density at radius 1 is 1.21 bits per heavy atom. The fourth-order valence-electron chi connectivity index (χ4n) is 2.47. The Morgan fingerprint density at radius 2 is 1.96 bits per heavy atom. The topological polar surface area (TPSA) is 83.7 Å². The Bertz CT molecular complexity index is 704. The second-order valence-electron chi connectivity index (χ2n) is 5.50. The highest BCUT2D eigenvalue weighted by molar-refractivity contribution is 5.73. The number of carbonyl (C=O) groups is 1. The lowest BCUT2D eigenvalue weighted by Gasteiger charge is -2.18. The molecule has 8 heteroatoms. The van der Waals surface area contributed by atoms with Crippen molar-refractivity contribution in [3.63, 3.8) is 0 Å². The van der Waals surface area contributed by atoms with Crippen LogP contribution in [0.5, 0.6) is 0 Å². The summed E-state index contributed by atoms with van der Waals surface area (Å²) >= 11 is 0. The molecular weight excluding hydrogens is 308 g/mol. The summed E-state index contributed by atoms with van der Waals surface area (Å²) in [6.45, 7) is 8.60. The molecule has 0 saturated heterocycles. The fourth-order valence-corrected chi connectivity index (χ4v) is 2.47. The molecule has 0 atom stereocenters. The fraction of sp³-hybridized carbons (Fsp3) is 0.562. The summed E-state index contributed by atoms with van der Waals surface area (Å²) in [5, 5.41) is 9.88. The van der Waals surface area contributed by atoms with Gasteiger partial charge in [0.05, 0.1) is 0 Å². The molecule has 0 aliphatic carbocycles. The molecule has 24 heavy (non-hydrogen) atoms. The van der Waals surface area contributed by atoms with Crippen molar-refractivity contribution in [2.24, 2.45) is 0 Å². The first kappa shape index (κ1) is 18.0. The number of hydrogen-bond donors (Lipinski definition) is 2. The van der Waals surface area contributed by atoms with E-state index in [4.69, 9.17) is 0 Å². The number of aryl methyl sites for hydroxylation is 1. The van der Waals surface area contributed by atoms with Gasteiger partial charge in [0, 0.05) is 32.4 Å². The van der Waals surface area contributed by atoms with Crippen LogP contribution in [0.4, 0.5) is 4.79 Å². The van der Waals surface area contributed by atoms with Crippen molar-refractivity contribution in [3.8, 4) is 0 Å². The molecule has 0 spiro atoms. The van der Waals surface area contributed by atoms with E-state index < -0.39 is 0 Å².